The molecule has 0 rings (SSSR count). The Kier molecular flexibility index (Phi) is 7.80. The Bertz CT molecular complexity index is 126. The Morgan fingerprint density at radius 3 is 2.08 bits per heavy atom. The van der Waals surface area contributed by atoms with E-state index in [0.717, 1.165) is 18.8 Å². The Morgan fingerprint density at radius 2 is 1.69 bits per heavy atom. The maximum Gasteiger partial charge on any atom is 0.0271 e. The standard InChI is InChI=1S/C11H24N2/c1-5-8-13(9-6-2)10-7-12-11(3)4/h12H,3,5-10H2,1-2,4H3. The molecular weight excluding hydrogens is 160 g/mol. The van der Waals surface area contributed by atoms with Crippen LogP contribution in [0.2, 0.25) is 0 Å². The largest absolute Gasteiger partial charge is 0.388 e. The summed E-state index contributed by atoms with van der Waals surface area (Å²) in [6.45, 7) is 14.9. The molecule has 0 fully saturated rings. The topological polar surface area (TPSA) is 15.3 Å². The molecule has 2 nitrogen and oxygen atoms in total. The van der Waals surface area contributed by atoms with Gasteiger partial charge in [0.2, 0.25) is 0 Å². The van der Waals surface area contributed by atoms with Gasteiger partial charge in [0.05, 0.1) is 0 Å². The van der Waals surface area contributed by atoms with Crippen molar-refractivity contribution in [3.63, 3.8) is 0 Å². The van der Waals surface area contributed by atoms with E-state index in [1.54, 1.807) is 0 Å². The minimum absolute atomic E-state index is 1.02. The molecule has 2 heteroatoms. The Morgan fingerprint density at radius 1 is 1.15 bits per heavy atom. The van der Waals surface area contributed by atoms with Gasteiger partial charge in [-0.1, -0.05) is 20.4 Å². The minimum Gasteiger partial charge on any atom is -0.388 e. The summed E-state index contributed by atoms with van der Waals surface area (Å²) in [4.78, 5) is 2.50. The SMILES string of the molecule is C=C(C)NCCN(CCC)CCC. The van der Waals surface area contributed by atoms with Crippen molar-refractivity contribution in [3.8, 4) is 0 Å². The maximum absolute atomic E-state index is 3.81. The van der Waals surface area contributed by atoms with Crippen LogP contribution in [0, 0.1) is 0 Å². The van der Waals surface area contributed by atoms with Crippen LogP contribution in [0.1, 0.15) is 33.6 Å². The third-order valence-corrected chi connectivity index (χ3v) is 1.93. The van der Waals surface area contributed by atoms with Crippen molar-refractivity contribution in [1.82, 2.24) is 10.2 Å². The Hall–Kier alpha value is -0.500. The van der Waals surface area contributed by atoms with Crippen LogP contribution in [0.25, 0.3) is 0 Å². The van der Waals surface area contributed by atoms with Crippen LogP contribution in [-0.4, -0.2) is 31.1 Å². The molecule has 0 aromatic carbocycles. The molecule has 0 saturated carbocycles. The van der Waals surface area contributed by atoms with Gasteiger partial charge in [-0.25, -0.2) is 0 Å². The molecule has 0 saturated heterocycles. The number of hydrogen-bond acceptors (Lipinski definition) is 2. The molecule has 0 atom stereocenters. The fourth-order valence-corrected chi connectivity index (χ4v) is 1.40. The van der Waals surface area contributed by atoms with Crippen molar-refractivity contribution in [2.75, 3.05) is 26.2 Å². The second-order valence-corrected chi connectivity index (χ2v) is 3.55. The molecule has 0 aliphatic heterocycles. The first-order chi connectivity index (χ1) is 6.20. The molecule has 0 amide bonds. The molecule has 0 heterocycles. The van der Waals surface area contributed by atoms with Gasteiger partial charge in [-0.15, -0.1) is 0 Å². The van der Waals surface area contributed by atoms with Gasteiger partial charge in [-0.3, -0.25) is 0 Å². The van der Waals surface area contributed by atoms with E-state index in [1.165, 1.54) is 25.9 Å². The minimum atomic E-state index is 1.02. The zero-order valence-electron chi connectivity index (χ0n) is 9.40. The van der Waals surface area contributed by atoms with Gasteiger partial charge >= 0.3 is 0 Å². The quantitative estimate of drug-likeness (QED) is 0.622. The first-order valence-electron chi connectivity index (χ1n) is 5.32. The van der Waals surface area contributed by atoms with Crippen LogP contribution in [0.15, 0.2) is 12.3 Å². The van der Waals surface area contributed by atoms with Crippen molar-refractivity contribution in [2.45, 2.75) is 33.6 Å². The number of nitrogens with zero attached hydrogens (tertiary/aromatic N) is 1. The fourth-order valence-electron chi connectivity index (χ4n) is 1.40. The van der Waals surface area contributed by atoms with Crippen LogP contribution >= 0.6 is 0 Å². The molecule has 78 valence electrons. The summed E-state index contributed by atoms with van der Waals surface area (Å²) in [5, 5.41) is 3.26. The molecular formula is C11H24N2. The van der Waals surface area contributed by atoms with E-state index in [2.05, 4.69) is 30.6 Å². The molecule has 0 aromatic heterocycles. The second-order valence-electron chi connectivity index (χ2n) is 3.55. The molecule has 1 N–H and O–H groups in total. The third kappa shape index (κ3) is 7.85. The van der Waals surface area contributed by atoms with Crippen molar-refractivity contribution in [3.05, 3.63) is 12.3 Å². The number of rotatable bonds is 8. The summed E-state index contributed by atoms with van der Waals surface area (Å²) >= 11 is 0. The summed E-state index contributed by atoms with van der Waals surface area (Å²) in [6, 6.07) is 0. The zero-order valence-corrected chi connectivity index (χ0v) is 9.40. The average molecular weight is 184 g/mol. The van der Waals surface area contributed by atoms with Gasteiger partial charge in [-0.05, 0) is 32.9 Å². The van der Waals surface area contributed by atoms with Gasteiger partial charge in [0.25, 0.3) is 0 Å². The second kappa shape index (κ2) is 8.11. The van der Waals surface area contributed by atoms with Crippen LogP contribution in [-0.2, 0) is 0 Å². The summed E-state index contributed by atoms with van der Waals surface area (Å²) in [7, 11) is 0. The highest BCUT2D eigenvalue weighted by molar-refractivity contribution is 4.84. The molecule has 0 aromatic rings. The fraction of sp³-hybridized carbons (Fsp3) is 0.818. The van der Waals surface area contributed by atoms with Gasteiger partial charge in [-0.2, -0.15) is 0 Å². The summed E-state index contributed by atoms with van der Waals surface area (Å²) in [6.07, 6.45) is 2.49. The van der Waals surface area contributed by atoms with E-state index < -0.39 is 0 Å². The van der Waals surface area contributed by atoms with E-state index in [0.29, 0.717) is 0 Å². The van der Waals surface area contributed by atoms with E-state index in [-0.39, 0.29) is 0 Å². The number of nitrogens with one attached hydrogen (secondary N) is 1. The molecule has 0 radical (unpaired) electrons. The first kappa shape index (κ1) is 12.5. The lowest BCUT2D eigenvalue weighted by Gasteiger charge is -2.21. The van der Waals surface area contributed by atoms with E-state index in [1.807, 2.05) is 6.92 Å². The van der Waals surface area contributed by atoms with Crippen molar-refractivity contribution in [2.24, 2.45) is 0 Å². The lowest BCUT2D eigenvalue weighted by atomic mass is 10.3. The average Bonchev–Trinajstić information content (AvgIpc) is 2.04. The first-order valence-corrected chi connectivity index (χ1v) is 5.32. The van der Waals surface area contributed by atoms with Crippen molar-refractivity contribution in [1.29, 1.82) is 0 Å². The Balaban J connectivity index is 3.49. The summed E-state index contributed by atoms with van der Waals surface area (Å²) < 4.78 is 0. The monoisotopic (exact) mass is 184 g/mol. The molecule has 0 bridgehead atoms. The van der Waals surface area contributed by atoms with Crippen LogP contribution in [0.3, 0.4) is 0 Å². The zero-order chi connectivity index (χ0) is 10.1. The number of allylic oxidation sites excluding steroid dienone is 1. The van der Waals surface area contributed by atoms with Crippen molar-refractivity contribution >= 4 is 0 Å². The Labute approximate surface area is 83.0 Å². The molecule has 0 aliphatic rings. The highest BCUT2D eigenvalue weighted by Gasteiger charge is 2.00. The summed E-state index contributed by atoms with van der Waals surface area (Å²) in [5.74, 6) is 0. The van der Waals surface area contributed by atoms with Crippen LogP contribution in [0.4, 0.5) is 0 Å². The highest BCUT2D eigenvalue weighted by atomic mass is 15.1. The summed E-state index contributed by atoms with van der Waals surface area (Å²) in [5.41, 5.74) is 1.06. The highest BCUT2D eigenvalue weighted by Crippen LogP contribution is 1.93. The number of hydrogen-bond donors (Lipinski definition) is 1. The normalized spacial score (nSPS) is 10.5. The third-order valence-electron chi connectivity index (χ3n) is 1.93. The van der Waals surface area contributed by atoms with Gasteiger partial charge in [0, 0.05) is 18.8 Å². The van der Waals surface area contributed by atoms with Gasteiger partial charge < -0.3 is 10.2 Å². The molecule has 0 spiro atoms. The van der Waals surface area contributed by atoms with Crippen LogP contribution in [0.5, 0.6) is 0 Å². The van der Waals surface area contributed by atoms with Crippen molar-refractivity contribution < 1.29 is 0 Å². The van der Waals surface area contributed by atoms with E-state index in [9.17, 15) is 0 Å². The predicted molar refractivity (Wildman–Crippen MR) is 59.8 cm³/mol. The van der Waals surface area contributed by atoms with Gasteiger partial charge in [0.15, 0.2) is 0 Å². The lowest BCUT2D eigenvalue weighted by molar-refractivity contribution is 0.277. The van der Waals surface area contributed by atoms with E-state index >= 15 is 0 Å². The van der Waals surface area contributed by atoms with Crippen LogP contribution < -0.4 is 5.32 Å². The molecule has 0 unspecified atom stereocenters. The van der Waals surface area contributed by atoms with Gasteiger partial charge in [0.1, 0.15) is 0 Å². The molecule has 0 aliphatic carbocycles. The maximum atomic E-state index is 3.81. The lowest BCUT2D eigenvalue weighted by Crippen LogP contribution is -2.32. The molecule has 13 heavy (non-hydrogen) atoms. The van der Waals surface area contributed by atoms with E-state index in [4.69, 9.17) is 0 Å². The smallest absolute Gasteiger partial charge is 0.0271 e. The predicted octanol–water partition coefficient (Wildman–Crippen LogP) is 2.23.